The zero-order valence-electron chi connectivity index (χ0n) is 11.8. The van der Waals surface area contributed by atoms with Crippen LogP contribution in [0.5, 0.6) is 5.75 Å². The molecule has 1 unspecified atom stereocenters. The molecule has 1 aliphatic heterocycles. The van der Waals surface area contributed by atoms with Gasteiger partial charge in [-0.2, -0.15) is 0 Å². The number of hydrogen-bond acceptors (Lipinski definition) is 3. The van der Waals surface area contributed by atoms with Crippen LogP contribution >= 0.6 is 15.9 Å². The van der Waals surface area contributed by atoms with Crippen LogP contribution in [0.25, 0.3) is 0 Å². The Hall–Kier alpha value is -0.580. The van der Waals surface area contributed by atoms with Gasteiger partial charge >= 0.3 is 0 Å². The van der Waals surface area contributed by atoms with Crippen LogP contribution in [0, 0.1) is 0 Å². The van der Waals surface area contributed by atoms with E-state index < -0.39 is 0 Å². The molecule has 0 spiro atoms. The molecule has 0 aliphatic carbocycles. The number of likely N-dealkylation sites (N-methyl/N-ethyl adjacent to an activating group) is 1. The SMILES string of the molecule is CCC1CN(CCOc2cccc(Br)c2)CCN1C. The van der Waals surface area contributed by atoms with Crippen LogP contribution in [0.3, 0.4) is 0 Å². The van der Waals surface area contributed by atoms with Gasteiger partial charge in [-0.05, 0) is 31.7 Å². The summed E-state index contributed by atoms with van der Waals surface area (Å²) in [6.07, 6.45) is 1.22. The van der Waals surface area contributed by atoms with Gasteiger partial charge in [0.05, 0.1) is 0 Å². The third-order valence-corrected chi connectivity index (χ3v) is 4.30. The fourth-order valence-corrected chi connectivity index (χ4v) is 2.88. The van der Waals surface area contributed by atoms with Gasteiger partial charge in [-0.15, -0.1) is 0 Å². The van der Waals surface area contributed by atoms with Crippen molar-refractivity contribution in [1.82, 2.24) is 9.80 Å². The molecule has 0 bridgehead atoms. The lowest BCUT2D eigenvalue weighted by molar-refractivity contribution is 0.0824. The maximum Gasteiger partial charge on any atom is 0.120 e. The van der Waals surface area contributed by atoms with E-state index >= 15 is 0 Å². The first-order valence-electron chi connectivity index (χ1n) is 7.00. The lowest BCUT2D eigenvalue weighted by Crippen LogP contribution is -2.51. The predicted octanol–water partition coefficient (Wildman–Crippen LogP) is 2.85. The van der Waals surface area contributed by atoms with E-state index in [1.807, 2.05) is 24.3 Å². The molecule has 0 aromatic heterocycles. The highest BCUT2D eigenvalue weighted by Gasteiger charge is 2.22. The maximum atomic E-state index is 5.80. The van der Waals surface area contributed by atoms with Crippen molar-refractivity contribution in [2.45, 2.75) is 19.4 Å². The van der Waals surface area contributed by atoms with Gasteiger partial charge in [0.2, 0.25) is 0 Å². The number of benzene rings is 1. The second-order valence-corrected chi connectivity index (χ2v) is 6.06. The fourth-order valence-electron chi connectivity index (χ4n) is 2.50. The molecule has 0 N–H and O–H groups in total. The minimum absolute atomic E-state index is 0.694. The highest BCUT2D eigenvalue weighted by Crippen LogP contribution is 2.18. The summed E-state index contributed by atoms with van der Waals surface area (Å²) >= 11 is 3.46. The Morgan fingerprint density at radius 2 is 2.21 bits per heavy atom. The van der Waals surface area contributed by atoms with Gasteiger partial charge in [-0.3, -0.25) is 4.90 Å². The lowest BCUT2D eigenvalue weighted by atomic mass is 10.1. The van der Waals surface area contributed by atoms with Crippen LogP contribution in [-0.4, -0.2) is 55.7 Å². The molecule has 1 atom stereocenters. The molecular formula is C15H23BrN2O. The molecule has 1 aliphatic rings. The Morgan fingerprint density at radius 1 is 1.37 bits per heavy atom. The van der Waals surface area contributed by atoms with E-state index in [0.29, 0.717) is 6.04 Å². The van der Waals surface area contributed by atoms with Crippen LogP contribution in [0.1, 0.15) is 13.3 Å². The van der Waals surface area contributed by atoms with E-state index in [9.17, 15) is 0 Å². The number of rotatable bonds is 5. The molecule has 3 nitrogen and oxygen atoms in total. The zero-order chi connectivity index (χ0) is 13.7. The molecule has 19 heavy (non-hydrogen) atoms. The number of hydrogen-bond donors (Lipinski definition) is 0. The molecule has 0 radical (unpaired) electrons. The molecule has 1 aromatic carbocycles. The molecule has 2 rings (SSSR count). The summed E-state index contributed by atoms with van der Waals surface area (Å²) in [4.78, 5) is 4.97. The Bertz CT molecular complexity index is 399. The smallest absolute Gasteiger partial charge is 0.120 e. The van der Waals surface area contributed by atoms with Crippen molar-refractivity contribution in [3.05, 3.63) is 28.7 Å². The van der Waals surface area contributed by atoms with Gasteiger partial charge in [0.1, 0.15) is 12.4 Å². The van der Waals surface area contributed by atoms with Gasteiger partial charge in [-0.1, -0.05) is 28.9 Å². The number of ether oxygens (including phenoxy) is 1. The molecule has 1 fully saturated rings. The van der Waals surface area contributed by atoms with Crippen molar-refractivity contribution in [1.29, 1.82) is 0 Å². The number of halogens is 1. The molecule has 1 saturated heterocycles. The summed E-state index contributed by atoms with van der Waals surface area (Å²) in [5.41, 5.74) is 0. The highest BCUT2D eigenvalue weighted by atomic mass is 79.9. The first kappa shape index (κ1) is 14.8. The standard InChI is InChI=1S/C15H23BrN2O/c1-3-14-12-18(8-7-17(14)2)9-10-19-15-6-4-5-13(16)11-15/h4-6,11,14H,3,7-10,12H2,1-2H3. The summed E-state index contributed by atoms with van der Waals surface area (Å²) in [5, 5.41) is 0. The predicted molar refractivity (Wildman–Crippen MR) is 82.8 cm³/mol. The lowest BCUT2D eigenvalue weighted by Gasteiger charge is -2.39. The largest absolute Gasteiger partial charge is 0.492 e. The number of nitrogens with zero attached hydrogens (tertiary/aromatic N) is 2. The van der Waals surface area contributed by atoms with Crippen LogP contribution in [-0.2, 0) is 0 Å². The Morgan fingerprint density at radius 3 is 2.95 bits per heavy atom. The van der Waals surface area contributed by atoms with Gasteiger partial charge in [0, 0.05) is 36.7 Å². The third kappa shape index (κ3) is 4.48. The van der Waals surface area contributed by atoms with Gasteiger partial charge in [0.25, 0.3) is 0 Å². The van der Waals surface area contributed by atoms with Crippen molar-refractivity contribution in [2.75, 3.05) is 39.8 Å². The van der Waals surface area contributed by atoms with Crippen LogP contribution in [0.15, 0.2) is 28.7 Å². The molecule has 106 valence electrons. The van der Waals surface area contributed by atoms with Crippen LogP contribution in [0.2, 0.25) is 0 Å². The van der Waals surface area contributed by atoms with Crippen LogP contribution in [0.4, 0.5) is 0 Å². The van der Waals surface area contributed by atoms with E-state index in [0.717, 1.165) is 43.0 Å². The van der Waals surface area contributed by atoms with Crippen molar-refractivity contribution < 1.29 is 4.74 Å². The van der Waals surface area contributed by atoms with Crippen molar-refractivity contribution in [3.63, 3.8) is 0 Å². The van der Waals surface area contributed by atoms with Crippen LogP contribution < -0.4 is 4.74 Å². The number of piperazine rings is 1. The minimum atomic E-state index is 0.694. The van der Waals surface area contributed by atoms with E-state index in [4.69, 9.17) is 4.74 Å². The molecule has 4 heteroatoms. The first-order valence-corrected chi connectivity index (χ1v) is 7.79. The summed E-state index contributed by atoms with van der Waals surface area (Å²) in [5.74, 6) is 0.940. The van der Waals surface area contributed by atoms with E-state index in [2.05, 4.69) is 39.7 Å². The average Bonchev–Trinajstić information content (AvgIpc) is 2.41. The monoisotopic (exact) mass is 326 g/mol. The topological polar surface area (TPSA) is 15.7 Å². The molecule has 1 aromatic rings. The molecular weight excluding hydrogens is 304 g/mol. The second-order valence-electron chi connectivity index (χ2n) is 5.15. The average molecular weight is 327 g/mol. The molecule has 1 heterocycles. The highest BCUT2D eigenvalue weighted by molar-refractivity contribution is 9.10. The molecule has 0 saturated carbocycles. The van der Waals surface area contributed by atoms with E-state index in [1.165, 1.54) is 6.42 Å². The van der Waals surface area contributed by atoms with Crippen molar-refractivity contribution in [2.24, 2.45) is 0 Å². The second kappa shape index (κ2) is 7.27. The normalized spacial score (nSPS) is 21.5. The van der Waals surface area contributed by atoms with E-state index in [-0.39, 0.29) is 0 Å². The summed E-state index contributed by atoms with van der Waals surface area (Å²) in [7, 11) is 2.23. The van der Waals surface area contributed by atoms with Gasteiger partial charge < -0.3 is 9.64 Å². The van der Waals surface area contributed by atoms with Crippen molar-refractivity contribution in [3.8, 4) is 5.75 Å². The summed E-state index contributed by atoms with van der Waals surface area (Å²) in [6.45, 7) is 7.51. The van der Waals surface area contributed by atoms with E-state index in [1.54, 1.807) is 0 Å². The fraction of sp³-hybridized carbons (Fsp3) is 0.600. The molecule has 0 amide bonds. The third-order valence-electron chi connectivity index (χ3n) is 3.80. The Balaban J connectivity index is 1.74. The van der Waals surface area contributed by atoms with Gasteiger partial charge in [-0.25, -0.2) is 0 Å². The maximum absolute atomic E-state index is 5.80. The van der Waals surface area contributed by atoms with Crippen molar-refractivity contribution >= 4 is 15.9 Å². The Labute approximate surface area is 124 Å². The zero-order valence-corrected chi connectivity index (χ0v) is 13.4. The first-order chi connectivity index (χ1) is 9.19. The summed E-state index contributed by atoms with van der Waals surface area (Å²) in [6, 6.07) is 8.73. The summed E-state index contributed by atoms with van der Waals surface area (Å²) < 4.78 is 6.87. The quantitative estimate of drug-likeness (QED) is 0.827. The Kier molecular flexibility index (Phi) is 5.67. The minimum Gasteiger partial charge on any atom is -0.492 e. The van der Waals surface area contributed by atoms with Gasteiger partial charge in [0.15, 0.2) is 0 Å².